The average Bonchev–Trinajstić information content (AvgIpc) is 3.21. The summed E-state index contributed by atoms with van der Waals surface area (Å²) in [6.07, 6.45) is -2.15. The van der Waals surface area contributed by atoms with Crippen LogP contribution in [0.15, 0.2) is 74.6 Å². The Balaban J connectivity index is 1.94. The van der Waals surface area contributed by atoms with Gasteiger partial charge in [0.25, 0.3) is 0 Å². The van der Waals surface area contributed by atoms with E-state index in [1.807, 2.05) is 18.2 Å². The first kappa shape index (κ1) is 23.7. The predicted octanol–water partition coefficient (Wildman–Crippen LogP) is 8.32. The van der Waals surface area contributed by atoms with Crippen molar-refractivity contribution in [1.29, 1.82) is 0 Å². The van der Waals surface area contributed by atoms with Gasteiger partial charge < -0.3 is 0 Å². The number of halogens is 3. The van der Waals surface area contributed by atoms with Gasteiger partial charge in [-0.3, -0.25) is 0 Å². The molecule has 2 aromatic rings. The maximum absolute atomic E-state index is 13.9. The normalized spacial score (nSPS) is 20.6. The molecule has 0 fully saturated rings. The third-order valence-electron chi connectivity index (χ3n) is 7.22. The third-order valence-corrected chi connectivity index (χ3v) is 25.8. The number of fused-ring (bicyclic) bond motifs is 1. The Morgan fingerprint density at radius 1 is 0.844 bits per heavy atom. The molecule has 2 atom stereocenters. The summed E-state index contributed by atoms with van der Waals surface area (Å²) >= 11 is -2.23. The van der Waals surface area contributed by atoms with E-state index in [0.717, 1.165) is 11.1 Å². The van der Waals surface area contributed by atoms with Crippen LogP contribution in [0.4, 0.5) is 13.2 Å². The van der Waals surface area contributed by atoms with Crippen LogP contribution in [0, 0.1) is 5.92 Å². The molecule has 0 bridgehead atoms. The van der Waals surface area contributed by atoms with Crippen molar-refractivity contribution in [3.8, 4) is 0 Å². The molecule has 0 spiro atoms. The van der Waals surface area contributed by atoms with Gasteiger partial charge in [0.15, 0.2) is 0 Å². The number of rotatable bonds is 3. The van der Waals surface area contributed by atoms with E-state index < -0.39 is 37.5 Å². The van der Waals surface area contributed by atoms with Gasteiger partial charge >= 0.3 is 198 Å². The molecule has 0 amide bonds. The van der Waals surface area contributed by atoms with Gasteiger partial charge in [-0.2, -0.15) is 0 Å². The van der Waals surface area contributed by atoms with Crippen molar-refractivity contribution in [2.24, 2.45) is 5.92 Å². The van der Waals surface area contributed by atoms with Crippen molar-refractivity contribution >= 4 is 11.0 Å². The van der Waals surface area contributed by atoms with Crippen LogP contribution in [-0.4, -0.2) is 5.43 Å². The van der Waals surface area contributed by atoms with E-state index in [4.69, 9.17) is 0 Å². The monoisotopic (exact) mass is 528 g/mol. The van der Waals surface area contributed by atoms with Gasteiger partial charge in [0.2, 0.25) is 0 Å². The number of hydrogen-bond acceptors (Lipinski definition) is 0. The van der Waals surface area contributed by atoms with Crippen LogP contribution < -0.4 is 0 Å². The van der Waals surface area contributed by atoms with Crippen LogP contribution in [-0.2, 0) is 26.5 Å². The summed E-state index contributed by atoms with van der Waals surface area (Å²) in [5.74, 6) is 0.469. The van der Waals surface area contributed by atoms with Crippen LogP contribution in [0.2, 0.25) is 13.1 Å². The summed E-state index contributed by atoms with van der Waals surface area (Å²) in [5.41, 5.74) is 6.54. The molecular weight excluding hydrogens is 501 g/mol. The fourth-order valence-electron chi connectivity index (χ4n) is 5.35. The number of alkyl halides is 3. The van der Waals surface area contributed by atoms with Crippen LogP contribution >= 0.6 is 0 Å². The third kappa shape index (κ3) is 3.90. The van der Waals surface area contributed by atoms with Gasteiger partial charge in [-0.25, -0.2) is 0 Å². The van der Waals surface area contributed by atoms with Crippen LogP contribution in [0.5, 0.6) is 0 Å². The average molecular weight is 530 g/mol. The van der Waals surface area contributed by atoms with Crippen molar-refractivity contribution in [3.05, 3.63) is 96.9 Å². The van der Waals surface area contributed by atoms with Crippen molar-refractivity contribution < 1.29 is 33.5 Å². The van der Waals surface area contributed by atoms with Crippen LogP contribution in [0.1, 0.15) is 53.6 Å². The van der Waals surface area contributed by atoms with Crippen LogP contribution in [0.25, 0.3) is 5.57 Å². The second kappa shape index (κ2) is 8.72. The van der Waals surface area contributed by atoms with Crippen molar-refractivity contribution in [1.82, 2.24) is 0 Å². The van der Waals surface area contributed by atoms with Gasteiger partial charge in [-0.05, 0) is 0 Å². The van der Waals surface area contributed by atoms with Gasteiger partial charge in [0.05, 0.1) is 0 Å². The minimum absolute atomic E-state index is 0.292. The zero-order valence-electron chi connectivity index (χ0n) is 19.5. The molecule has 2 aromatic carbocycles. The molecule has 0 radical (unpaired) electrons. The zero-order valence-corrected chi connectivity index (χ0v) is 22.9. The molecule has 0 saturated heterocycles. The Kier molecular flexibility index (Phi) is 6.46. The zero-order chi connectivity index (χ0) is 23.4. The molecule has 0 heterocycles. The Hall–Kier alpha value is -1.45. The van der Waals surface area contributed by atoms with Crippen molar-refractivity contribution in [3.63, 3.8) is 0 Å². The number of allylic oxidation sites excluding steroid dienone is 5. The molecule has 0 saturated carbocycles. The number of benzene rings is 2. The molecule has 32 heavy (non-hydrogen) atoms. The van der Waals surface area contributed by atoms with Crippen LogP contribution in [0.3, 0.4) is 0 Å². The molecule has 0 N–H and O–H groups in total. The van der Waals surface area contributed by atoms with E-state index in [0.29, 0.717) is 15.1 Å². The minimum atomic E-state index is -4.37. The van der Waals surface area contributed by atoms with E-state index in [2.05, 4.69) is 52.9 Å². The summed E-state index contributed by atoms with van der Waals surface area (Å²) in [6, 6.07) is 14.2. The van der Waals surface area contributed by atoms with Gasteiger partial charge in [-0.1, -0.05) is 0 Å². The molecule has 166 valence electrons. The van der Waals surface area contributed by atoms with Gasteiger partial charge in [0, 0.05) is 0 Å². The molecule has 5 heteroatoms. The SMILES string of the molecule is CC1=C(C)C(C)[C]([Zr]([CH]2C=C(c3ccccc3C(F)(F)F)c3ccccc32)=[Si](C)C)=C1C. The van der Waals surface area contributed by atoms with E-state index >= 15 is 0 Å². The van der Waals surface area contributed by atoms with E-state index in [9.17, 15) is 13.2 Å². The molecule has 4 rings (SSSR count). The fraction of sp³-hybridized carbons (Fsp3) is 0.333. The Labute approximate surface area is 197 Å². The number of hydrogen-bond donors (Lipinski definition) is 0. The Bertz CT molecular complexity index is 1220. The molecular formula is C27H29F3SiZr. The standard InChI is InChI=1S/C16H10F3.C9H13.C2H6Si.Zr/c17-16(18,19)15-8-4-3-7-14(15)13-10-9-11-5-1-2-6-12(11)13;1-6-5-7(2)9(4)8(6)3;1-3-2;/h1-10H;6H,1-4H3;1-2H3;. The van der Waals surface area contributed by atoms with E-state index in [1.165, 1.54) is 34.4 Å². The van der Waals surface area contributed by atoms with E-state index in [1.54, 1.807) is 15.4 Å². The Morgan fingerprint density at radius 2 is 1.44 bits per heavy atom. The molecule has 2 aliphatic carbocycles. The fourth-order valence-corrected chi connectivity index (χ4v) is 25.0. The first-order valence-electron chi connectivity index (χ1n) is 11.1. The summed E-state index contributed by atoms with van der Waals surface area (Å²) in [5, 5.41) is 0. The van der Waals surface area contributed by atoms with Gasteiger partial charge in [0.1, 0.15) is 0 Å². The molecule has 2 unspecified atom stereocenters. The molecule has 2 aliphatic rings. The summed E-state index contributed by atoms with van der Waals surface area (Å²) < 4.78 is 43.6. The summed E-state index contributed by atoms with van der Waals surface area (Å²) in [4.78, 5) is 0. The van der Waals surface area contributed by atoms with Gasteiger partial charge in [-0.15, -0.1) is 0 Å². The Morgan fingerprint density at radius 3 is 2.00 bits per heavy atom. The predicted molar refractivity (Wildman–Crippen MR) is 125 cm³/mol. The summed E-state index contributed by atoms with van der Waals surface area (Å²) in [6.45, 7) is 13.9. The van der Waals surface area contributed by atoms with Crippen molar-refractivity contribution in [2.45, 2.75) is 50.6 Å². The first-order valence-corrected chi connectivity index (χ1v) is 19.9. The van der Waals surface area contributed by atoms with E-state index in [-0.39, 0.29) is 0 Å². The molecule has 0 nitrogen and oxygen atoms in total. The topological polar surface area (TPSA) is 0 Å². The van der Waals surface area contributed by atoms with Crippen molar-refractivity contribution in [2.75, 3.05) is 0 Å². The summed E-state index contributed by atoms with van der Waals surface area (Å²) in [7, 11) is 0. The maximum atomic E-state index is 13.9. The molecule has 0 aromatic heterocycles. The molecule has 0 aliphatic heterocycles. The second-order valence-electron chi connectivity index (χ2n) is 9.17. The first-order chi connectivity index (χ1) is 15.0. The quantitative estimate of drug-likeness (QED) is 0.351. The second-order valence-corrected chi connectivity index (χ2v) is 26.6.